The number of anilines is 1. The third-order valence-electron chi connectivity index (χ3n) is 2.20. The number of aromatic nitrogens is 1. The minimum atomic E-state index is -0.359. The monoisotopic (exact) mass is 228 g/mol. The molecule has 1 aromatic rings. The zero-order valence-electron chi connectivity index (χ0n) is 9.53. The molecule has 0 saturated heterocycles. The third-order valence-corrected chi connectivity index (χ3v) is 3.23. The second-order valence-electron chi connectivity index (χ2n) is 3.07. The first-order valence-corrected chi connectivity index (χ1v) is 5.76. The average Bonchev–Trinajstić information content (AvgIpc) is 2.61. The Bertz CT molecular complexity index is 345. The van der Waals surface area contributed by atoms with Gasteiger partial charge in [0.15, 0.2) is 10.8 Å². The van der Waals surface area contributed by atoms with Gasteiger partial charge in [-0.15, -0.1) is 11.3 Å². The molecular weight excluding hydrogens is 212 g/mol. The Morgan fingerprint density at radius 3 is 2.53 bits per heavy atom. The fourth-order valence-electron chi connectivity index (χ4n) is 1.30. The van der Waals surface area contributed by atoms with Gasteiger partial charge in [-0.2, -0.15) is 0 Å². The number of esters is 1. The first-order valence-electron chi connectivity index (χ1n) is 4.94. The van der Waals surface area contributed by atoms with E-state index in [4.69, 9.17) is 0 Å². The van der Waals surface area contributed by atoms with Crippen molar-refractivity contribution in [3.63, 3.8) is 0 Å². The van der Waals surface area contributed by atoms with Gasteiger partial charge in [0.2, 0.25) is 0 Å². The molecule has 0 bridgehead atoms. The fraction of sp³-hybridized carbons (Fsp3) is 0.600. The van der Waals surface area contributed by atoms with Crippen molar-refractivity contribution >= 4 is 22.4 Å². The normalized spacial score (nSPS) is 10.1. The van der Waals surface area contributed by atoms with Gasteiger partial charge >= 0.3 is 5.97 Å². The number of thiazole rings is 1. The molecule has 5 heteroatoms. The Morgan fingerprint density at radius 1 is 1.47 bits per heavy atom. The predicted molar refractivity (Wildman–Crippen MR) is 61.8 cm³/mol. The Balaban J connectivity index is 2.99. The number of carbonyl (C=O) groups excluding carboxylic acids is 1. The minimum absolute atomic E-state index is 0.359. The van der Waals surface area contributed by atoms with Crippen LogP contribution < -0.4 is 4.90 Å². The molecule has 0 unspecified atom stereocenters. The summed E-state index contributed by atoms with van der Waals surface area (Å²) in [5.41, 5.74) is 0.435. The fourth-order valence-corrected chi connectivity index (χ4v) is 2.32. The lowest BCUT2D eigenvalue weighted by atomic mass is 10.4. The highest BCUT2D eigenvalue weighted by atomic mass is 32.1. The van der Waals surface area contributed by atoms with Crippen LogP contribution in [0.1, 0.15) is 29.2 Å². The van der Waals surface area contributed by atoms with Gasteiger partial charge in [0, 0.05) is 18.0 Å². The lowest BCUT2D eigenvalue weighted by molar-refractivity contribution is 0.0594. The summed E-state index contributed by atoms with van der Waals surface area (Å²) in [6.45, 7) is 7.81. The molecule has 0 atom stereocenters. The number of aryl methyl sites for hydroxylation is 1. The molecule has 0 aliphatic rings. The van der Waals surface area contributed by atoms with Crippen LogP contribution in [-0.4, -0.2) is 31.2 Å². The van der Waals surface area contributed by atoms with E-state index in [1.807, 2.05) is 6.92 Å². The van der Waals surface area contributed by atoms with Crippen molar-refractivity contribution in [1.29, 1.82) is 0 Å². The van der Waals surface area contributed by atoms with Gasteiger partial charge in [-0.1, -0.05) is 0 Å². The van der Waals surface area contributed by atoms with Crippen molar-refractivity contribution in [2.75, 3.05) is 25.1 Å². The zero-order valence-corrected chi connectivity index (χ0v) is 10.3. The molecule has 15 heavy (non-hydrogen) atoms. The van der Waals surface area contributed by atoms with Crippen molar-refractivity contribution in [3.8, 4) is 0 Å². The summed E-state index contributed by atoms with van der Waals surface area (Å²) in [6, 6.07) is 0. The van der Waals surface area contributed by atoms with Crippen LogP contribution in [-0.2, 0) is 4.74 Å². The van der Waals surface area contributed by atoms with Crippen LogP contribution in [0.25, 0.3) is 0 Å². The molecule has 0 aliphatic carbocycles. The molecule has 0 amide bonds. The molecule has 1 rings (SSSR count). The van der Waals surface area contributed by atoms with E-state index in [1.54, 1.807) is 0 Å². The molecule has 0 radical (unpaired) electrons. The topological polar surface area (TPSA) is 42.4 Å². The van der Waals surface area contributed by atoms with Gasteiger partial charge in [0.25, 0.3) is 0 Å². The van der Waals surface area contributed by atoms with Crippen LogP contribution >= 0.6 is 11.3 Å². The van der Waals surface area contributed by atoms with Gasteiger partial charge < -0.3 is 9.64 Å². The highest BCUT2D eigenvalue weighted by Gasteiger charge is 2.17. The summed E-state index contributed by atoms with van der Waals surface area (Å²) in [5, 5.41) is 0.887. The number of ether oxygens (including phenoxy) is 1. The highest BCUT2D eigenvalue weighted by molar-refractivity contribution is 7.15. The number of hydrogen-bond acceptors (Lipinski definition) is 5. The van der Waals surface area contributed by atoms with Crippen molar-refractivity contribution < 1.29 is 9.53 Å². The summed E-state index contributed by atoms with van der Waals surface area (Å²) < 4.78 is 4.66. The van der Waals surface area contributed by atoms with E-state index in [0.29, 0.717) is 5.69 Å². The quantitative estimate of drug-likeness (QED) is 0.740. The molecule has 0 aliphatic heterocycles. The van der Waals surface area contributed by atoms with Gasteiger partial charge in [0.1, 0.15) is 0 Å². The van der Waals surface area contributed by atoms with Crippen LogP contribution in [0.3, 0.4) is 0 Å². The number of hydrogen-bond donors (Lipinski definition) is 0. The Labute approximate surface area is 93.9 Å². The smallest absolute Gasteiger partial charge is 0.357 e. The minimum Gasteiger partial charge on any atom is -0.464 e. The molecule has 0 fully saturated rings. The standard InChI is InChI=1S/C10H16N2O2S/c1-5-12(6-2)10-11-8(7(3)15-10)9(13)14-4/h5-6H2,1-4H3. The first kappa shape index (κ1) is 12.0. The van der Waals surface area contributed by atoms with E-state index in [2.05, 4.69) is 28.5 Å². The molecular formula is C10H16N2O2S. The summed E-state index contributed by atoms with van der Waals surface area (Å²) in [7, 11) is 1.37. The van der Waals surface area contributed by atoms with E-state index in [9.17, 15) is 4.79 Å². The largest absolute Gasteiger partial charge is 0.464 e. The van der Waals surface area contributed by atoms with Crippen molar-refractivity contribution in [2.45, 2.75) is 20.8 Å². The molecule has 0 spiro atoms. The number of rotatable bonds is 4. The predicted octanol–water partition coefficient (Wildman–Crippen LogP) is 2.08. The Hall–Kier alpha value is -1.10. The van der Waals surface area contributed by atoms with Crippen molar-refractivity contribution in [1.82, 2.24) is 4.98 Å². The average molecular weight is 228 g/mol. The van der Waals surface area contributed by atoms with Crippen LogP contribution in [0.4, 0.5) is 5.13 Å². The van der Waals surface area contributed by atoms with E-state index in [0.717, 1.165) is 23.1 Å². The third kappa shape index (κ3) is 2.47. The number of nitrogens with zero attached hydrogens (tertiary/aromatic N) is 2. The molecule has 84 valence electrons. The lowest BCUT2D eigenvalue weighted by Crippen LogP contribution is -2.21. The molecule has 1 aromatic heterocycles. The maximum Gasteiger partial charge on any atom is 0.357 e. The summed E-state index contributed by atoms with van der Waals surface area (Å²) in [5.74, 6) is -0.359. The van der Waals surface area contributed by atoms with E-state index in [1.165, 1.54) is 18.4 Å². The van der Waals surface area contributed by atoms with Crippen LogP contribution in [0, 0.1) is 6.92 Å². The second kappa shape index (κ2) is 5.11. The van der Waals surface area contributed by atoms with Crippen LogP contribution in [0.5, 0.6) is 0 Å². The molecule has 0 aromatic carbocycles. The van der Waals surface area contributed by atoms with E-state index in [-0.39, 0.29) is 5.97 Å². The zero-order chi connectivity index (χ0) is 11.4. The molecule has 4 nitrogen and oxygen atoms in total. The highest BCUT2D eigenvalue weighted by Crippen LogP contribution is 2.25. The van der Waals surface area contributed by atoms with E-state index >= 15 is 0 Å². The first-order chi connectivity index (χ1) is 7.13. The SMILES string of the molecule is CCN(CC)c1nc(C(=O)OC)c(C)s1. The Kier molecular flexibility index (Phi) is 4.08. The van der Waals surface area contributed by atoms with Crippen molar-refractivity contribution in [2.24, 2.45) is 0 Å². The van der Waals surface area contributed by atoms with Gasteiger partial charge in [0.05, 0.1) is 7.11 Å². The van der Waals surface area contributed by atoms with Gasteiger partial charge in [-0.3, -0.25) is 0 Å². The molecule has 1 heterocycles. The summed E-state index contributed by atoms with van der Waals surface area (Å²) >= 11 is 1.53. The van der Waals surface area contributed by atoms with Crippen molar-refractivity contribution in [3.05, 3.63) is 10.6 Å². The maximum absolute atomic E-state index is 11.4. The van der Waals surface area contributed by atoms with Gasteiger partial charge in [-0.25, -0.2) is 9.78 Å². The van der Waals surface area contributed by atoms with Gasteiger partial charge in [-0.05, 0) is 20.8 Å². The second-order valence-corrected chi connectivity index (χ2v) is 4.25. The number of methoxy groups -OCH3 is 1. The van der Waals surface area contributed by atoms with E-state index < -0.39 is 0 Å². The molecule has 0 N–H and O–H groups in total. The molecule has 0 saturated carbocycles. The summed E-state index contributed by atoms with van der Waals surface area (Å²) in [4.78, 5) is 18.7. The number of carbonyl (C=O) groups is 1. The lowest BCUT2D eigenvalue weighted by Gasteiger charge is -2.16. The Morgan fingerprint density at radius 2 is 2.07 bits per heavy atom. The summed E-state index contributed by atoms with van der Waals surface area (Å²) in [6.07, 6.45) is 0. The van der Waals surface area contributed by atoms with Crippen LogP contribution in [0.15, 0.2) is 0 Å². The maximum atomic E-state index is 11.4. The van der Waals surface area contributed by atoms with Crippen LogP contribution in [0.2, 0.25) is 0 Å².